The van der Waals surface area contributed by atoms with Crippen LogP contribution in [0.5, 0.6) is 11.5 Å². The number of nitro benzene ring substituents is 1. The number of methoxy groups -OCH3 is 1. The third-order valence-electron chi connectivity index (χ3n) is 6.24. The number of aromatic nitrogens is 2. The fourth-order valence-electron chi connectivity index (χ4n) is 4.79. The number of allylic oxidation sites excluding steroid dienone is 2. The Morgan fingerprint density at radius 3 is 2.70 bits per heavy atom. The van der Waals surface area contributed by atoms with E-state index in [1.807, 2.05) is 37.3 Å². The van der Waals surface area contributed by atoms with Crippen LogP contribution in [0.15, 0.2) is 53.7 Å². The summed E-state index contributed by atoms with van der Waals surface area (Å²) in [6.45, 7) is 1.86. The Labute approximate surface area is 189 Å². The predicted molar refractivity (Wildman–Crippen MR) is 121 cm³/mol. The highest BCUT2D eigenvalue weighted by molar-refractivity contribution is 6.01. The van der Waals surface area contributed by atoms with Crippen molar-refractivity contribution in [2.24, 2.45) is 0 Å². The molecule has 0 saturated carbocycles. The first-order valence-electron chi connectivity index (χ1n) is 10.6. The fraction of sp³-hybridized carbons (Fsp3) is 0.250. The Bertz CT molecular complexity index is 1330. The van der Waals surface area contributed by atoms with Crippen LogP contribution in [0.1, 0.15) is 42.0 Å². The van der Waals surface area contributed by atoms with Crippen LogP contribution in [0.3, 0.4) is 0 Å². The molecule has 0 unspecified atom stereocenters. The highest BCUT2D eigenvalue weighted by Crippen LogP contribution is 2.49. The van der Waals surface area contributed by atoms with Gasteiger partial charge in [0.25, 0.3) is 0 Å². The molecule has 0 fully saturated rings. The van der Waals surface area contributed by atoms with Crippen LogP contribution in [0.4, 0.5) is 11.5 Å². The van der Waals surface area contributed by atoms with Crippen LogP contribution in [-0.4, -0.2) is 32.7 Å². The largest absolute Gasteiger partial charge is 0.500 e. The molecular formula is C24H22N4O5. The van der Waals surface area contributed by atoms with Crippen molar-refractivity contribution in [1.29, 1.82) is 0 Å². The maximum atomic E-state index is 13.1. The molecule has 0 radical (unpaired) electrons. The quantitative estimate of drug-likeness (QED) is 0.451. The molecule has 1 aromatic heterocycles. The lowest BCUT2D eigenvalue weighted by Crippen LogP contribution is -2.27. The van der Waals surface area contributed by atoms with Gasteiger partial charge in [-0.15, -0.1) is 0 Å². The van der Waals surface area contributed by atoms with Gasteiger partial charge >= 0.3 is 5.69 Å². The number of nitrogens with zero attached hydrogens (tertiary/aromatic N) is 3. The van der Waals surface area contributed by atoms with E-state index >= 15 is 0 Å². The lowest BCUT2D eigenvalue weighted by Gasteiger charge is -2.33. The molecule has 5 rings (SSSR count). The fourth-order valence-corrected chi connectivity index (χ4v) is 4.79. The molecule has 9 heteroatoms. The lowest BCUT2D eigenvalue weighted by molar-refractivity contribution is -0.386. The van der Waals surface area contributed by atoms with Gasteiger partial charge in [0, 0.05) is 35.2 Å². The number of benzene rings is 2. The molecule has 2 aromatic carbocycles. The maximum Gasteiger partial charge on any atom is 0.314 e. The summed E-state index contributed by atoms with van der Waals surface area (Å²) in [7, 11) is 1.34. The number of fused-ring (bicyclic) bond motifs is 1. The minimum Gasteiger partial charge on any atom is -0.500 e. The van der Waals surface area contributed by atoms with Crippen molar-refractivity contribution in [3.63, 3.8) is 0 Å². The number of ketones is 1. The van der Waals surface area contributed by atoms with Crippen LogP contribution in [0.2, 0.25) is 0 Å². The number of nitrogens with one attached hydrogen (secondary N) is 1. The number of para-hydroxylation sites is 1. The zero-order chi connectivity index (χ0) is 23.3. The number of rotatable bonds is 4. The Hall–Kier alpha value is -4.14. The number of anilines is 1. The van der Waals surface area contributed by atoms with Gasteiger partial charge in [-0.2, -0.15) is 5.10 Å². The van der Waals surface area contributed by atoms with E-state index in [2.05, 4.69) is 5.32 Å². The number of aryl methyl sites for hydroxylation is 1. The summed E-state index contributed by atoms with van der Waals surface area (Å²) >= 11 is 0. The number of hydrogen-bond acceptors (Lipinski definition) is 7. The standard InChI is InChI=1S/C24H22N4O5/c1-13-20-21(14-11-17(28(31)32)23(30)19(12-14)33-2)22-16(9-6-10-18(22)29)25-24(20)27(26-13)15-7-4-3-5-8-15/h3-5,7-8,11-12,21,25,30H,6,9-10H2,1-2H3/t21-/m0/s1. The van der Waals surface area contributed by atoms with Crippen molar-refractivity contribution in [3.05, 3.63) is 80.7 Å². The van der Waals surface area contributed by atoms with Gasteiger partial charge in [-0.25, -0.2) is 4.68 Å². The van der Waals surface area contributed by atoms with Crippen molar-refractivity contribution in [3.8, 4) is 17.2 Å². The zero-order valence-electron chi connectivity index (χ0n) is 18.2. The molecule has 168 valence electrons. The molecule has 1 aliphatic heterocycles. The first kappa shape index (κ1) is 20.7. The second-order valence-corrected chi connectivity index (χ2v) is 8.17. The average molecular weight is 446 g/mol. The van der Waals surface area contributed by atoms with E-state index in [-0.39, 0.29) is 11.5 Å². The number of hydrogen-bond donors (Lipinski definition) is 2. The molecule has 33 heavy (non-hydrogen) atoms. The van der Waals surface area contributed by atoms with E-state index in [1.54, 1.807) is 10.7 Å². The number of phenols is 1. The first-order chi connectivity index (χ1) is 15.9. The maximum absolute atomic E-state index is 13.1. The van der Waals surface area contributed by atoms with Crippen LogP contribution in [0.25, 0.3) is 5.69 Å². The summed E-state index contributed by atoms with van der Waals surface area (Å²) < 4.78 is 7.03. The molecular weight excluding hydrogens is 424 g/mol. The normalized spacial score (nSPS) is 17.3. The summed E-state index contributed by atoms with van der Waals surface area (Å²) in [5, 5.41) is 30.1. The second kappa shape index (κ2) is 7.77. The molecule has 0 bridgehead atoms. The molecule has 0 spiro atoms. The van der Waals surface area contributed by atoms with Gasteiger partial charge in [-0.05, 0) is 43.5 Å². The van der Waals surface area contributed by atoms with Gasteiger partial charge in [0.1, 0.15) is 5.82 Å². The van der Waals surface area contributed by atoms with Gasteiger partial charge in [0.2, 0.25) is 5.75 Å². The summed E-state index contributed by atoms with van der Waals surface area (Å²) in [4.78, 5) is 24.1. The van der Waals surface area contributed by atoms with E-state index in [1.165, 1.54) is 13.2 Å². The molecule has 3 aromatic rings. The highest BCUT2D eigenvalue weighted by Gasteiger charge is 2.40. The molecule has 2 aliphatic rings. The Kier molecular flexibility index (Phi) is 4.88. The van der Waals surface area contributed by atoms with Gasteiger partial charge in [0.15, 0.2) is 11.5 Å². The number of carbonyl (C=O) groups excluding carboxylic acids is 1. The average Bonchev–Trinajstić information content (AvgIpc) is 3.14. The molecule has 0 saturated heterocycles. The van der Waals surface area contributed by atoms with Crippen LogP contribution >= 0.6 is 0 Å². The summed E-state index contributed by atoms with van der Waals surface area (Å²) in [6.07, 6.45) is 1.83. The molecule has 0 amide bonds. The minimum atomic E-state index is -0.651. The number of nitro groups is 1. The third kappa shape index (κ3) is 3.24. The topological polar surface area (TPSA) is 120 Å². The number of Topliss-reactive ketones (excluding diaryl/α,β-unsaturated/α-hetero) is 1. The predicted octanol–water partition coefficient (Wildman–Crippen LogP) is 4.37. The van der Waals surface area contributed by atoms with Gasteiger partial charge in [0.05, 0.1) is 23.4 Å². The first-order valence-corrected chi connectivity index (χ1v) is 10.6. The molecule has 9 nitrogen and oxygen atoms in total. The minimum absolute atomic E-state index is 0.000885. The molecule has 1 atom stereocenters. The molecule has 2 N–H and O–H groups in total. The van der Waals surface area contributed by atoms with Crippen LogP contribution in [-0.2, 0) is 4.79 Å². The SMILES string of the molecule is COc1cc([C@@H]2C3=C(CCCC3=O)Nc3c2c(C)nn3-c2ccccc2)cc([N+](=O)[O-])c1O. The van der Waals surface area contributed by atoms with Crippen molar-refractivity contribution in [2.75, 3.05) is 12.4 Å². The Morgan fingerprint density at radius 2 is 2.00 bits per heavy atom. The smallest absolute Gasteiger partial charge is 0.314 e. The van der Waals surface area contributed by atoms with Crippen molar-refractivity contribution < 1.29 is 19.6 Å². The van der Waals surface area contributed by atoms with Gasteiger partial charge < -0.3 is 15.2 Å². The van der Waals surface area contributed by atoms with E-state index in [9.17, 15) is 20.0 Å². The number of aromatic hydroxyl groups is 1. The van der Waals surface area contributed by atoms with Gasteiger partial charge in [-0.1, -0.05) is 18.2 Å². The third-order valence-corrected chi connectivity index (χ3v) is 6.24. The van der Waals surface area contributed by atoms with Crippen LogP contribution < -0.4 is 10.1 Å². The number of phenolic OH excluding ortho intramolecular Hbond substituents is 1. The van der Waals surface area contributed by atoms with Crippen molar-refractivity contribution >= 4 is 17.3 Å². The van der Waals surface area contributed by atoms with Crippen LogP contribution in [0, 0.1) is 17.0 Å². The molecule has 2 heterocycles. The second-order valence-electron chi connectivity index (χ2n) is 8.17. The van der Waals surface area contributed by atoms with Crippen molar-refractivity contribution in [1.82, 2.24) is 9.78 Å². The van der Waals surface area contributed by atoms with E-state index < -0.39 is 22.3 Å². The number of carbonyl (C=O) groups is 1. The Morgan fingerprint density at radius 1 is 1.24 bits per heavy atom. The lowest BCUT2D eigenvalue weighted by atomic mass is 9.76. The summed E-state index contributed by atoms with van der Waals surface area (Å²) in [5.41, 5.74) is 3.75. The number of ether oxygens (including phenoxy) is 1. The van der Waals surface area contributed by atoms with Crippen molar-refractivity contribution in [2.45, 2.75) is 32.1 Å². The van der Waals surface area contributed by atoms with E-state index in [0.717, 1.165) is 29.2 Å². The van der Waals surface area contributed by atoms with E-state index in [4.69, 9.17) is 9.84 Å². The monoisotopic (exact) mass is 446 g/mol. The summed E-state index contributed by atoms with van der Waals surface area (Å²) in [5.74, 6) is -0.401. The zero-order valence-corrected chi connectivity index (χ0v) is 18.2. The van der Waals surface area contributed by atoms with Gasteiger partial charge in [-0.3, -0.25) is 14.9 Å². The Balaban J connectivity index is 1.80. The highest BCUT2D eigenvalue weighted by atomic mass is 16.6. The van der Waals surface area contributed by atoms with E-state index in [0.29, 0.717) is 29.7 Å². The molecule has 1 aliphatic carbocycles. The summed E-state index contributed by atoms with van der Waals surface area (Å²) in [6, 6.07) is 12.5.